The molecule has 3 aromatic rings. The topological polar surface area (TPSA) is 85.6 Å². The van der Waals surface area contributed by atoms with E-state index in [4.69, 9.17) is 4.74 Å². The van der Waals surface area contributed by atoms with Gasteiger partial charge in [-0.25, -0.2) is 13.9 Å². The van der Waals surface area contributed by atoms with E-state index >= 15 is 0 Å². The fourth-order valence-corrected chi connectivity index (χ4v) is 3.56. The van der Waals surface area contributed by atoms with E-state index in [0.29, 0.717) is 29.3 Å². The van der Waals surface area contributed by atoms with Crippen molar-refractivity contribution in [2.75, 3.05) is 6.61 Å². The Bertz CT molecular complexity index is 1120. The first-order valence-corrected chi connectivity index (χ1v) is 10.4. The molecule has 3 rings (SSSR count). The van der Waals surface area contributed by atoms with Crippen molar-refractivity contribution in [3.8, 4) is 11.4 Å². The van der Waals surface area contributed by atoms with Crippen molar-refractivity contribution in [3.05, 3.63) is 71.3 Å². The molecule has 0 amide bonds. The molecule has 0 saturated carbocycles. The Morgan fingerprint density at radius 1 is 1.14 bits per heavy atom. The van der Waals surface area contributed by atoms with E-state index in [1.54, 1.807) is 35.9 Å². The van der Waals surface area contributed by atoms with Crippen LogP contribution in [0, 0.1) is 19.7 Å². The van der Waals surface area contributed by atoms with Crippen molar-refractivity contribution < 1.29 is 17.5 Å². The van der Waals surface area contributed by atoms with Gasteiger partial charge in [0, 0.05) is 5.56 Å². The van der Waals surface area contributed by atoms with Gasteiger partial charge in [-0.2, -0.15) is 18.6 Å². The molecule has 9 heteroatoms. The molecule has 1 heterocycles. The number of hydrazone groups is 1. The molecule has 0 bridgehead atoms. The molecule has 2 aromatic carbocycles. The SMILES string of the molecule is CCOc1ccc(S(=O)(=O)N/N=C\c2c(C)nn(-c3ccc(F)cc3)c2C)cc1. The summed E-state index contributed by atoms with van der Waals surface area (Å²) in [5.74, 6) is 0.259. The molecule has 0 atom stereocenters. The highest BCUT2D eigenvalue weighted by atomic mass is 32.2. The smallest absolute Gasteiger partial charge is 0.276 e. The maximum atomic E-state index is 13.1. The summed E-state index contributed by atoms with van der Waals surface area (Å²) in [6.07, 6.45) is 1.41. The van der Waals surface area contributed by atoms with Gasteiger partial charge in [-0.05, 0) is 69.3 Å². The van der Waals surface area contributed by atoms with Gasteiger partial charge in [-0.15, -0.1) is 0 Å². The lowest BCUT2D eigenvalue weighted by atomic mass is 10.2. The quantitative estimate of drug-likeness (QED) is 0.473. The van der Waals surface area contributed by atoms with E-state index in [1.165, 1.54) is 30.5 Å². The van der Waals surface area contributed by atoms with E-state index in [-0.39, 0.29) is 10.7 Å². The normalized spacial score (nSPS) is 11.7. The molecular formula is C20H21FN4O3S. The van der Waals surface area contributed by atoms with E-state index in [2.05, 4.69) is 15.0 Å². The van der Waals surface area contributed by atoms with Crippen molar-refractivity contribution in [1.29, 1.82) is 0 Å². The molecule has 0 aliphatic heterocycles. The molecule has 1 aromatic heterocycles. The number of aryl methyl sites for hydroxylation is 1. The third-order valence-corrected chi connectivity index (χ3v) is 5.47. The summed E-state index contributed by atoms with van der Waals surface area (Å²) in [5, 5.41) is 8.31. The molecule has 0 aliphatic rings. The molecule has 152 valence electrons. The summed E-state index contributed by atoms with van der Waals surface area (Å²) < 4.78 is 44.9. The predicted molar refractivity (Wildman–Crippen MR) is 109 cm³/mol. The van der Waals surface area contributed by atoms with Gasteiger partial charge in [-0.1, -0.05) is 0 Å². The molecule has 0 unspecified atom stereocenters. The minimum atomic E-state index is -3.81. The van der Waals surface area contributed by atoms with Crippen LogP contribution in [0.25, 0.3) is 5.69 Å². The molecule has 0 saturated heterocycles. The fourth-order valence-electron chi connectivity index (χ4n) is 2.77. The van der Waals surface area contributed by atoms with Crippen LogP contribution in [0.5, 0.6) is 5.75 Å². The van der Waals surface area contributed by atoms with Gasteiger partial charge < -0.3 is 4.74 Å². The van der Waals surface area contributed by atoms with Gasteiger partial charge in [0.15, 0.2) is 0 Å². The molecule has 0 fully saturated rings. The Morgan fingerprint density at radius 2 is 1.79 bits per heavy atom. The number of sulfonamides is 1. The summed E-state index contributed by atoms with van der Waals surface area (Å²) in [4.78, 5) is 2.28. The Hall–Kier alpha value is -3.20. The second-order valence-electron chi connectivity index (χ2n) is 6.23. The summed E-state index contributed by atoms with van der Waals surface area (Å²) >= 11 is 0. The zero-order chi connectivity index (χ0) is 21.0. The van der Waals surface area contributed by atoms with Gasteiger partial charge in [0.2, 0.25) is 0 Å². The molecular weight excluding hydrogens is 395 g/mol. The van der Waals surface area contributed by atoms with Crippen molar-refractivity contribution in [2.24, 2.45) is 5.10 Å². The van der Waals surface area contributed by atoms with Crippen LogP contribution in [-0.4, -0.2) is 31.0 Å². The molecule has 29 heavy (non-hydrogen) atoms. The summed E-state index contributed by atoms with van der Waals surface area (Å²) in [7, 11) is -3.81. The lowest BCUT2D eigenvalue weighted by molar-refractivity contribution is 0.340. The summed E-state index contributed by atoms with van der Waals surface area (Å²) in [6, 6.07) is 12.0. The van der Waals surface area contributed by atoms with Crippen LogP contribution >= 0.6 is 0 Å². The van der Waals surface area contributed by atoms with Crippen LogP contribution < -0.4 is 9.57 Å². The number of hydrogen-bond donors (Lipinski definition) is 1. The van der Waals surface area contributed by atoms with Gasteiger partial charge in [0.25, 0.3) is 10.0 Å². The van der Waals surface area contributed by atoms with Crippen LogP contribution in [0.4, 0.5) is 4.39 Å². The second-order valence-corrected chi connectivity index (χ2v) is 7.89. The van der Waals surface area contributed by atoms with E-state index < -0.39 is 10.0 Å². The highest BCUT2D eigenvalue weighted by molar-refractivity contribution is 7.89. The lowest BCUT2D eigenvalue weighted by Gasteiger charge is -2.06. The minimum Gasteiger partial charge on any atom is -0.494 e. The number of benzene rings is 2. The summed E-state index contributed by atoms with van der Waals surface area (Å²) in [5.41, 5.74) is 2.78. The largest absolute Gasteiger partial charge is 0.494 e. The Morgan fingerprint density at radius 3 is 2.41 bits per heavy atom. The zero-order valence-electron chi connectivity index (χ0n) is 16.3. The Balaban J connectivity index is 1.78. The first kappa shape index (κ1) is 20.5. The molecule has 0 aliphatic carbocycles. The fraction of sp³-hybridized carbons (Fsp3) is 0.200. The number of ether oxygens (including phenoxy) is 1. The molecule has 0 spiro atoms. The van der Waals surface area contributed by atoms with E-state index in [1.807, 2.05) is 13.8 Å². The van der Waals surface area contributed by atoms with Crippen LogP contribution in [0.1, 0.15) is 23.9 Å². The number of nitrogens with one attached hydrogen (secondary N) is 1. The molecule has 1 N–H and O–H groups in total. The van der Waals surface area contributed by atoms with Crippen molar-refractivity contribution in [3.63, 3.8) is 0 Å². The third-order valence-electron chi connectivity index (χ3n) is 4.23. The van der Waals surface area contributed by atoms with Crippen LogP contribution in [-0.2, 0) is 10.0 Å². The lowest BCUT2D eigenvalue weighted by Crippen LogP contribution is -2.18. The maximum absolute atomic E-state index is 13.1. The average Bonchev–Trinajstić information content (AvgIpc) is 2.97. The number of halogens is 1. The first-order chi connectivity index (χ1) is 13.8. The number of nitrogens with zero attached hydrogens (tertiary/aromatic N) is 3. The van der Waals surface area contributed by atoms with E-state index in [0.717, 1.165) is 5.69 Å². The van der Waals surface area contributed by atoms with E-state index in [9.17, 15) is 12.8 Å². The summed E-state index contributed by atoms with van der Waals surface area (Å²) in [6.45, 7) is 5.96. The number of hydrogen-bond acceptors (Lipinski definition) is 5. The van der Waals surface area contributed by atoms with Crippen molar-refractivity contribution in [1.82, 2.24) is 14.6 Å². The predicted octanol–water partition coefficient (Wildman–Crippen LogP) is 3.34. The number of aromatic nitrogens is 2. The number of rotatable bonds is 7. The van der Waals surface area contributed by atoms with Crippen molar-refractivity contribution >= 4 is 16.2 Å². The second kappa shape index (κ2) is 8.44. The van der Waals surface area contributed by atoms with Gasteiger partial charge >= 0.3 is 0 Å². The highest BCUT2D eigenvalue weighted by Gasteiger charge is 2.14. The molecule has 0 radical (unpaired) electrons. The molecule has 7 nitrogen and oxygen atoms in total. The Labute approximate surface area is 168 Å². The van der Waals surface area contributed by atoms with Gasteiger partial charge in [-0.3, -0.25) is 0 Å². The average molecular weight is 416 g/mol. The Kier molecular flexibility index (Phi) is 5.97. The highest BCUT2D eigenvalue weighted by Crippen LogP contribution is 2.18. The van der Waals surface area contributed by atoms with Crippen LogP contribution in [0.15, 0.2) is 58.5 Å². The minimum absolute atomic E-state index is 0.0774. The maximum Gasteiger partial charge on any atom is 0.276 e. The first-order valence-electron chi connectivity index (χ1n) is 8.91. The van der Waals surface area contributed by atoms with Crippen LogP contribution in [0.2, 0.25) is 0 Å². The van der Waals surface area contributed by atoms with Gasteiger partial charge in [0.1, 0.15) is 11.6 Å². The third kappa shape index (κ3) is 4.62. The standard InChI is InChI=1S/C20H21FN4O3S/c1-4-28-18-9-11-19(12-10-18)29(26,27)24-22-13-20-14(2)23-25(15(20)3)17-7-5-16(21)6-8-17/h5-13,24H,4H2,1-3H3/b22-13-. The van der Waals surface area contributed by atoms with Gasteiger partial charge in [0.05, 0.1) is 34.8 Å². The van der Waals surface area contributed by atoms with Crippen molar-refractivity contribution in [2.45, 2.75) is 25.7 Å². The monoisotopic (exact) mass is 416 g/mol. The zero-order valence-corrected chi connectivity index (χ0v) is 17.1. The van der Waals surface area contributed by atoms with Crippen LogP contribution in [0.3, 0.4) is 0 Å².